The molecule has 4 rings (SSSR count). The van der Waals surface area contributed by atoms with Crippen LogP contribution in [0.25, 0.3) is 16.7 Å². The van der Waals surface area contributed by atoms with Crippen LogP contribution in [-0.2, 0) is 22.6 Å². The van der Waals surface area contributed by atoms with Gasteiger partial charge in [0.1, 0.15) is 0 Å². The minimum atomic E-state index is -0.105. The summed E-state index contributed by atoms with van der Waals surface area (Å²) in [4.78, 5) is 27.5. The third kappa shape index (κ3) is 4.53. The lowest BCUT2D eigenvalue weighted by atomic mass is 10.2. The monoisotopic (exact) mass is 451 g/mol. The first kappa shape index (κ1) is 22.0. The molecule has 0 spiro atoms. The van der Waals surface area contributed by atoms with Gasteiger partial charge < -0.3 is 9.64 Å². The maximum absolute atomic E-state index is 13.0. The molecule has 0 unspecified atom stereocenters. The average Bonchev–Trinajstić information content (AvgIpc) is 3.24. The summed E-state index contributed by atoms with van der Waals surface area (Å²) in [7, 11) is 3.43. The second-order valence-electron chi connectivity index (χ2n) is 7.46. The number of carbonyl (C=O) groups excluding carboxylic acids is 1. The van der Waals surface area contributed by atoms with Crippen LogP contribution < -0.4 is 5.56 Å². The van der Waals surface area contributed by atoms with Gasteiger partial charge in [0, 0.05) is 33.9 Å². The van der Waals surface area contributed by atoms with E-state index in [2.05, 4.69) is 10.2 Å². The lowest BCUT2D eigenvalue weighted by Crippen LogP contribution is -2.28. The number of carbonyl (C=O) groups is 1. The van der Waals surface area contributed by atoms with Gasteiger partial charge >= 0.3 is 0 Å². The van der Waals surface area contributed by atoms with Crippen molar-refractivity contribution in [3.8, 4) is 0 Å². The molecule has 166 valence electrons. The Balaban J connectivity index is 1.60. The van der Waals surface area contributed by atoms with Gasteiger partial charge in [0.25, 0.3) is 5.56 Å². The van der Waals surface area contributed by atoms with Crippen molar-refractivity contribution in [3.05, 3.63) is 70.5 Å². The number of hydrogen-bond acceptors (Lipinski definition) is 6. The molecule has 2 heterocycles. The number of nitrogens with zero attached hydrogens (tertiary/aromatic N) is 5. The van der Waals surface area contributed by atoms with E-state index in [4.69, 9.17) is 4.74 Å². The number of hydrogen-bond donors (Lipinski definition) is 0. The highest BCUT2D eigenvalue weighted by molar-refractivity contribution is 7.99. The Hall–Kier alpha value is -3.17. The first-order chi connectivity index (χ1) is 15.6. The Bertz CT molecular complexity index is 1290. The number of amides is 1. The van der Waals surface area contributed by atoms with Crippen molar-refractivity contribution < 1.29 is 9.53 Å². The quantitative estimate of drug-likeness (QED) is 0.288. The molecule has 0 fully saturated rings. The number of rotatable bonds is 9. The minimum absolute atomic E-state index is 0.00618. The Labute approximate surface area is 189 Å². The zero-order valence-corrected chi connectivity index (χ0v) is 18.9. The predicted molar refractivity (Wildman–Crippen MR) is 125 cm³/mol. The molecule has 0 aliphatic heterocycles. The molecule has 0 atom stereocenters. The number of fused-ring (bicyclic) bond motifs is 3. The molecule has 0 aliphatic carbocycles. The molecule has 0 radical (unpaired) electrons. The van der Waals surface area contributed by atoms with Gasteiger partial charge in [-0.2, -0.15) is 0 Å². The summed E-state index contributed by atoms with van der Waals surface area (Å²) in [5.41, 5.74) is 1.70. The van der Waals surface area contributed by atoms with Crippen molar-refractivity contribution in [2.75, 3.05) is 26.5 Å². The molecule has 1 amide bonds. The molecular weight excluding hydrogens is 426 g/mol. The number of thioether (sulfide) groups is 1. The molecule has 2 aromatic carbocycles. The van der Waals surface area contributed by atoms with E-state index < -0.39 is 0 Å². The van der Waals surface area contributed by atoms with E-state index in [0.29, 0.717) is 42.4 Å². The van der Waals surface area contributed by atoms with Crippen LogP contribution in [0.3, 0.4) is 0 Å². The van der Waals surface area contributed by atoms with Gasteiger partial charge in [-0.15, -0.1) is 10.2 Å². The summed E-state index contributed by atoms with van der Waals surface area (Å²) < 4.78 is 8.62. The van der Waals surface area contributed by atoms with Crippen molar-refractivity contribution in [1.29, 1.82) is 0 Å². The molecule has 0 saturated heterocycles. The fourth-order valence-corrected chi connectivity index (χ4v) is 4.46. The smallest absolute Gasteiger partial charge is 0.262 e. The fourth-order valence-electron chi connectivity index (χ4n) is 3.58. The van der Waals surface area contributed by atoms with Crippen molar-refractivity contribution in [3.63, 3.8) is 0 Å². The number of aryl methyl sites for hydroxylation is 1. The molecule has 0 saturated carbocycles. The normalized spacial score (nSPS) is 11.3. The molecule has 8 nitrogen and oxygen atoms in total. The molecular formula is C23H25N5O3S. The summed E-state index contributed by atoms with van der Waals surface area (Å²) in [5.74, 6) is 0.687. The fraction of sp³-hybridized carbons (Fsp3) is 0.304. The predicted octanol–water partition coefficient (Wildman–Crippen LogP) is 2.83. The number of methoxy groups -OCH3 is 1. The second-order valence-corrected chi connectivity index (χ2v) is 8.40. The highest BCUT2D eigenvalue weighted by atomic mass is 32.2. The van der Waals surface area contributed by atoms with E-state index in [1.54, 1.807) is 29.7 Å². The van der Waals surface area contributed by atoms with E-state index in [0.717, 1.165) is 11.1 Å². The first-order valence-corrected chi connectivity index (χ1v) is 11.3. The Morgan fingerprint density at radius 1 is 1.09 bits per heavy atom. The highest BCUT2D eigenvalue weighted by Gasteiger charge is 2.18. The maximum Gasteiger partial charge on any atom is 0.262 e. The molecule has 4 aromatic rings. The lowest BCUT2D eigenvalue weighted by Gasteiger charge is -2.17. The van der Waals surface area contributed by atoms with Crippen molar-refractivity contribution in [2.24, 2.45) is 0 Å². The van der Waals surface area contributed by atoms with Gasteiger partial charge in [-0.1, -0.05) is 54.2 Å². The molecule has 0 N–H and O–H groups in total. The van der Waals surface area contributed by atoms with Crippen LogP contribution in [0.15, 0.2) is 64.5 Å². The van der Waals surface area contributed by atoms with Crippen LogP contribution in [0, 0.1) is 0 Å². The number of benzene rings is 2. The van der Waals surface area contributed by atoms with E-state index in [-0.39, 0.29) is 17.2 Å². The minimum Gasteiger partial charge on any atom is -0.385 e. The number of ether oxygens (including phenoxy) is 1. The lowest BCUT2D eigenvalue weighted by molar-refractivity contribution is -0.127. The maximum atomic E-state index is 13.0. The van der Waals surface area contributed by atoms with Gasteiger partial charge in [0.15, 0.2) is 5.16 Å². The Morgan fingerprint density at radius 3 is 2.62 bits per heavy atom. The van der Waals surface area contributed by atoms with E-state index in [9.17, 15) is 9.59 Å². The van der Waals surface area contributed by atoms with Crippen LogP contribution in [-0.4, -0.2) is 56.5 Å². The third-order valence-corrected chi connectivity index (χ3v) is 6.14. The van der Waals surface area contributed by atoms with Gasteiger partial charge in [0.2, 0.25) is 11.7 Å². The molecule has 32 heavy (non-hydrogen) atoms. The van der Waals surface area contributed by atoms with E-state index in [1.807, 2.05) is 52.9 Å². The number of para-hydroxylation sites is 1. The largest absolute Gasteiger partial charge is 0.385 e. The van der Waals surface area contributed by atoms with Crippen molar-refractivity contribution in [2.45, 2.75) is 24.7 Å². The topological polar surface area (TPSA) is 81.7 Å². The van der Waals surface area contributed by atoms with Crippen LogP contribution in [0.5, 0.6) is 0 Å². The molecule has 2 aromatic heterocycles. The van der Waals surface area contributed by atoms with E-state index >= 15 is 0 Å². The molecule has 0 aliphatic rings. The van der Waals surface area contributed by atoms with E-state index in [1.165, 1.54) is 11.8 Å². The third-order valence-electron chi connectivity index (χ3n) is 5.22. The SMILES string of the molecule is COCCCn1c(=O)c2ccccc2n2c(SCC(=O)N(C)Cc3ccccc3)nnc12. The summed E-state index contributed by atoms with van der Waals surface area (Å²) in [5, 5.41) is 9.76. The Kier molecular flexibility index (Phi) is 6.87. The van der Waals surface area contributed by atoms with Crippen molar-refractivity contribution in [1.82, 2.24) is 24.1 Å². The molecule has 0 bridgehead atoms. The zero-order chi connectivity index (χ0) is 22.5. The Morgan fingerprint density at radius 2 is 1.84 bits per heavy atom. The van der Waals surface area contributed by atoms with Gasteiger partial charge in [-0.25, -0.2) is 0 Å². The van der Waals surface area contributed by atoms with Gasteiger partial charge in [-0.05, 0) is 24.1 Å². The van der Waals surface area contributed by atoms with Crippen molar-refractivity contribution >= 4 is 34.3 Å². The highest BCUT2D eigenvalue weighted by Crippen LogP contribution is 2.22. The summed E-state index contributed by atoms with van der Waals surface area (Å²) in [6.45, 7) is 1.56. The second kappa shape index (κ2) is 9.97. The summed E-state index contributed by atoms with van der Waals surface area (Å²) in [6.07, 6.45) is 0.683. The van der Waals surface area contributed by atoms with Crippen LogP contribution >= 0.6 is 11.8 Å². The van der Waals surface area contributed by atoms with Crippen LogP contribution in [0.2, 0.25) is 0 Å². The molecule has 9 heteroatoms. The summed E-state index contributed by atoms with van der Waals surface area (Å²) in [6, 6.07) is 17.3. The average molecular weight is 452 g/mol. The standard InChI is InChI=1S/C23H25N5O3S/c1-26(15-17-9-4-3-5-10-17)20(29)16-32-23-25-24-22-27(13-8-14-31-2)21(30)18-11-6-7-12-19(18)28(22)23/h3-7,9-12H,8,13-16H2,1-2H3. The van der Waals surface area contributed by atoms with Crippen LogP contribution in [0.1, 0.15) is 12.0 Å². The van der Waals surface area contributed by atoms with Gasteiger partial charge in [-0.3, -0.25) is 18.6 Å². The zero-order valence-electron chi connectivity index (χ0n) is 18.1. The van der Waals surface area contributed by atoms with Gasteiger partial charge in [0.05, 0.1) is 16.7 Å². The van der Waals surface area contributed by atoms with Crippen LogP contribution in [0.4, 0.5) is 0 Å². The number of aromatic nitrogens is 4. The summed E-state index contributed by atoms with van der Waals surface area (Å²) >= 11 is 1.32. The first-order valence-electron chi connectivity index (χ1n) is 10.4.